The van der Waals surface area contributed by atoms with Crippen molar-refractivity contribution in [2.45, 2.75) is 46.5 Å². The predicted octanol–water partition coefficient (Wildman–Crippen LogP) is 4.28. The number of nitrogens with two attached hydrogens (primary N) is 1. The van der Waals surface area contributed by atoms with Gasteiger partial charge in [0.05, 0.1) is 12.2 Å². The van der Waals surface area contributed by atoms with Crippen LogP contribution in [-0.4, -0.2) is 12.6 Å². The van der Waals surface area contributed by atoms with Crippen molar-refractivity contribution in [3.63, 3.8) is 0 Å². The van der Waals surface area contributed by atoms with E-state index >= 15 is 0 Å². The summed E-state index contributed by atoms with van der Waals surface area (Å²) in [4.78, 5) is 11.8. The minimum absolute atomic E-state index is 0.264. The van der Waals surface area contributed by atoms with Crippen LogP contribution < -0.4 is 5.73 Å². The standard InChI is InChI=1S/C17H27NO2/c1-13(2)5-4-6-14(3)11-12-20-17(19)15-7-9-16(18)10-8-15/h7-10,13-14H,4-6,11-12,18H2,1-3H3. The van der Waals surface area contributed by atoms with Crippen molar-refractivity contribution >= 4 is 11.7 Å². The number of carbonyl (C=O) groups excluding carboxylic acids is 1. The Morgan fingerprint density at radius 3 is 2.35 bits per heavy atom. The molecule has 0 aromatic heterocycles. The van der Waals surface area contributed by atoms with Crippen LogP contribution in [0.2, 0.25) is 0 Å². The third-order valence-corrected chi connectivity index (χ3v) is 3.47. The summed E-state index contributed by atoms with van der Waals surface area (Å²) in [5.74, 6) is 1.11. The van der Waals surface area contributed by atoms with Gasteiger partial charge < -0.3 is 10.5 Å². The lowest BCUT2D eigenvalue weighted by atomic mass is 9.98. The van der Waals surface area contributed by atoms with E-state index in [1.165, 1.54) is 19.3 Å². The van der Waals surface area contributed by atoms with Gasteiger partial charge in [0.1, 0.15) is 0 Å². The van der Waals surface area contributed by atoms with Gasteiger partial charge in [-0.1, -0.05) is 40.0 Å². The first-order valence-corrected chi connectivity index (χ1v) is 7.51. The lowest BCUT2D eigenvalue weighted by Gasteiger charge is -2.12. The van der Waals surface area contributed by atoms with E-state index in [1.807, 2.05) is 0 Å². The minimum Gasteiger partial charge on any atom is -0.462 e. The molecule has 0 fully saturated rings. The molecule has 112 valence electrons. The van der Waals surface area contributed by atoms with Crippen molar-refractivity contribution in [1.82, 2.24) is 0 Å². The molecule has 0 saturated carbocycles. The fraction of sp³-hybridized carbons (Fsp3) is 0.588. The number of hydrogen-bond acceptors (Lipinski definition) is 3. The Balaban J connectivity index is 2.20. The number of anilines is 1. The van der Waals surface area contributed by atoms with Crippen LogP contribution in [0.15, 0.2) is 24.3 Å². The zero-order valence-corrected chi connectivity index (χ0v) is 12.9. The van der Waals surface area contributed by atoms with Crippen LogP contribution in [0.1, 0.15) is 56.8 Å². The summed E-state index contributed by atoms with van der Waals surface area (Å²) in [6.07, 6.45) is 4.66. The molecule has 0 bridgehead atoms. The molecular formula is C17H27NO2. The van der Waals surface area contributed by atoms with Crippen molar-refractivity contribution in [3.8, 4) is 0 Å². The molecule has 1 unspecified atom stereocenters. The first-order valence-electron chi connectivity index (χ1n) is 7.51. The van der Waals surface area contributed by atoms with Crippen LogP contribution in [0, 0.1) is 11.8 Å². The van der Waals surface area contributed by atoms with Gasteiger partial charge in [-0.3, -0.25) is 0 Å². The van der Waals surface area contributed by atoms with Crippen LogP contribution >= 0.6 is 0 Å². The summed E-state index contributed by atoms with van der Waals surface area (Å²) < 4.78 is 5.29. The van der Waals surface area contributed by atoms with Gasteiger partial charge in [0.15, 0.2) is 0 Å². The second-order valence-electron chi connectivity index (χ2n) is 5.98. The molecule has 0 radical (unpaired) electrons. The van der Waals surface area contributed by atoms with Gasteiger partial charge in [-0.25, -0.2) is 4.79 Å². The fourth-order valence-corrected chi connectivity index (χ4v) is 2.07. The average molecular weight is 277 g/mol. The van der Waals surface area contributed by atoms with E-state index in [0.29, 0.717) is 23.8 Å². The highest BCUT2D eigenvalue weighted by Gasteiger charge is 2.08. The second kappa shape index (κ2) is 8.62. The molecular weight excluding hydrogens is 250 g/mol. The number of hydrogen-bond donors (Lipinski definition) is 1. The monoisotopic (exact) mass is 277 g/mol. The Labute approximate surface area is 122 Å². The van der Waals surface area contributed by atoms with Gasteiger partial charge in [-0.15, -0.1) is 0 Å². The average Bonchev–Trinajstić information content (AvgIpc) is 2.39. The van der Waals surface area contributed by atoms with Crippen molar-refractivity contribution in [2.24, 2.45) is 11.8 Å². The predicted molar refractivity (Wildman–Crippen MR) is 83.6 cm³/mol. The lowest BCUT2D eigenvalue weighted by molar-refractivity contribution is 0.0483. The second-order valence-corrected chi connectivity index (χ2v) is 5.98. The summed E-state index contributed by atoms with van der Waals surface area (Å²) in [7, 11) is 0. The highest BCUT2D eigenvalue weighted by atomic mass is 16.5. The normalized spacial score (nSPS) is 12.4. The first-order chi connectivity index (χ1) is 9.49. The summed E-state index contributed by atoms with van der Waals surface area (Å²) in [5.41, 5.74) is 6.80. The smallest absolute Gasteiger partial charge is 0.338 e. The Kier molecular flexibility index (Phi) is 7.13. The molecule has 0 aliphatic heterocycles. The molecule has 0 amide bonds. The first kappa shape index (κ1) is 16.5. The van der Waals surface area contributed by atoms with Crippen LogP contribution in [-0.2, 0) is 4.74 Å². The quantitative estimate of drug-likeness (QED) is 0.570. The molecule has 0 aliphatic carbocycles. The van der Waals surface area contributed by atoms with E-state index in [4.69, 9.17) is 10.5 Å². The van der Waals surface area contributed by atoms with Crippen LogP contribution in [0.4, 0.5) is 5.69 Å². The maximum Gasteiger partial charge on any atom is 0.338 e. The van der Waals surface area contributed by atoms with Crippen molar-refractivity contribution in [2.75, 3.05) is 12.3 Å². The van der Waals surface area contributed by atoms with Crippen LogP contribution in [0.3, 0.4) is 0 Å². The number of nitrogen functional groups attached to an aromatic ring is 1. The van der Waals surface area contributed by atoms with Crippen LogP contribution in [0.5, 0.6) is 0 Å². The van der Waals surface area contributed by atoms with E-state index in [0.717, 1.165) is 12.3 Å². The molecule has 1 aromatic carbocycles. The van der Waals surface area contributed by atoms with Gasteiger partial charge in [0, 0.05) is 5.69 Å². The van der Waals surface area contributed by atoms with Gasteiger partial charge in [-0.2, -0.15) is 0 Å². The fourth-order valence-electron chi connectivity index (χ4n) is 2.07. The van der Waals surface area contributed by atoms with E-state index in [1.54, 1.807) is 24.3 Å². The number of benzene rings is 1. The zero-order chi connectivity index (χ0) is 15.0. The molecule has 20 heavy (non-hydrogen) atoms. The molecule has 0 heterocycles. The van der Waals surface area contributed by atoms with E-state index in [2.05, 4.69) is 20.8 Å². The molecule has 0 aliphatic rings. The topological polar surface area (TPSA) is 52.3 Å². The molecule has 2 N–H and O–H groups in total. The summed E-state index contributed by atoms with van der Waals surface area (Å²) >= 11 is 0. The van der Waals surface area contributed by atoms with Gasteiger partial charge in [0.25, 0.3) is 0 Å². The number of carbonyl (C=O) groups is 1. The number of esters is 1. The minimum atomic E-state index is -0.264. The summed E-state index contributed by atoms with van der Waals surface area (Å²) in [6, 6.07) is 6.82. The lowest BCUT2D eigenvalue weighted by Crippen LogP contribution is -2.09. The Bertz CT molecular complexity index is 398. The Morgan fingerprint density at radius 2 is 1.75 bits per heavy atom. The molecule has 3 heteroatoms. The number of rotatable bonds is 8. The third-order valence-electron chi connectivity index (χ3n) is 3.47. The molecule has 1 aromatic rings. The summed E-state index contributed by atoms with van der Waals surface area (Å²) in [6.45, 7) is 7.21. The maximum atomic E-state index is 11.8. The molecule has 3 nitrogen and oxygen atoms in total. The molecule has 0 spiro atoms. The maximum absolute atomic E-state index is 11.8. The van der Waals surface area contributed by atoms with E-state index < -0.39 is 0 Å². The van der Waals surface area contributed by atoms with Gasteiger partial charge in [-0.05, 0) is 42.5 Å². The van der Waals surface area contributed by atoms with E-state index in [-0.39, 0.29) is 5.97 Å². The molecule has 1 rings (SSSR count). The Hall–Kier alpha value is -1.51. The van der Waals surface area contributed by atoms with Crippen molar-refractivity contribution in [1.29, 1.82) is 0 Å². The largest absolute Gasteiger partial charge is 0.462 e. The third kappa shape index (κ3) is 6.60. The van der Waals surface area contributed by atoms with Gasteiger partial charge in [0.2, 0.25) is 0 Å². The molecule has 0 saturated heterocycles. The van der Waals surface area contributed by atoms with Crippen molar-refractivity contribution in [3.05, 3.63) is 29.8 Å². The SMILES string of the molecule is CC(C)CCCC(C)CCOC(=O)c1ccc(N)cc1. The Morgan fingerprint density at radius 1 is 1.10 bits per heavy atom. The molecule has 1 atom stereocenters. The van der Waals surface area contributed by atoms with Crippen molar-refractivity contribution < 1.29 is 9.53 Å². The van der Waals surface area contributed by atoms with E-state index in [9.17, 15) is 4.79 Å². The highest BCUT2D eigenvalue weighted by Crippen LogP contribution is 2.15. The summed E-state index contributed by atoms with van der Waals surface area (Å²) in [5, 5.41) is 0. The van der Waals surface area contributed by atoms with Crippen LogP contribution in [0.25, 0.3) is 0 Å². The highest BCUT2D eigenvalue weighted by molar-refractivity contribution is 5.89. The zero-order valence-electron chi connectivity index (χ0n) is 12.9. The van der Waals surface area contributed by atoms with Gasteiger partial charge >= 0.3 is 5.97 Å². The number of ether oxygens (including phenoxy) is 1.